The Hall–Kier alpha value is -3.55. The molecule has 3 N–H and O–H groups in total. The molecule has 0 spiro atoms. The minimum absolute atomic E-state index is 0.101. The number of halogens is 1. The first-order valence-electron chi connectivity index (χ1n) is 8.65. The second kappa shape index (κ2) is 7.83. The number of para-hydroxylation sites is 1. The predicted molar refractivity (Wildman–Crippen MR) is 111 cm³/mol. The Labute approximate surface area is 169 Å². The van der Waals surface area contributed by atoms with Crippen LogP contribution in [0.5, 0.6) is 0 Å². The highest BCUT2D eigenvalue weighted by Crippen LogP contribution is 2.35. The van der Waals surface area contributed by atoms with Gasteiger partial charge in [-0.1, -0.05) is 30.3 Å². The summed E-state index contributed by atoms with van der Waals surface area (Å²) in [6.45, 7) is 0. The number of anilines is 1. The molecule has 0 atom stereocenters. The quantitative estimate of drug-likeness (QED) is 0.366. The number of rotatable bonds is 5. The van der Waals surface area contributed by atoms with Gasteiger partial charge >= 0.3 is 5.97 Å². The van der Waals surface area contributed by atoms with Crippen LogP contribution in [0.4, 0.5) is 10.1 Å². The van der Waals surface area contributed by atoms with Crippen LogP contribution in [0, 0.1) is 5.82 Å². The van der Waals surface area contributed by atoms with E-state index in [0.29, 0.717) is 33.1 Å². The molecule has 4 aromatic rings. The average Bonchev–Trinajstić information content (AvgIpc) is 3.24. The maximum Gasteiger partial charge on any atom is 0.336 e. The number of carboxylic acid groups (broad SMARTS) is 1. The second-order valence-corrected chi connectivity index (χ2v) is 7.13. The molecule has 144 valence electrons. The first-order valence-corrected chi connectivity index (χ1v) is 9.53. The van der Waals surface area contributed by atoms with Crippen LogP contribution in [0.15, 0.2) is 72.1 Å². The molecule has 29 heavy (non-hydrogen) atoms. The van der Waals surface area contributed by atoms with E-state index >= 15 is 0 Å². The van der Waals surface area contributed by atoms with Crippen LogP contribution in [0.25, 0.3) is 33.0 Å². The number of nitrogens with one attached hydrogen (secondary N) is 1. The number of hydrogen-bond acceptors (Lipinski definition) is 5. The molecular weight excluding hydrogens is 391 g/mol. The first kappa shape index (κ1) is 18.8. The summed E-state index contributed by atoms with van der Waals surface area (Å²) in [5, 5.41) is 21.6. The van der Waals surface area contributed by atoms with E-state index in [4.69, 9.17) is 0 Å². The SMILES string of the molecule is O=C(O)c1cc(-c2nc(-c3ccc(F)cc3)cs2)ccc1-c1ccccc1NO. The Kier molecular flexibility index (Phi) is 5.07. The standard InChI is InChI=1S/C22H15FN2O3S/c23-15-8-5-13(6-9-15)20-12-29-21(24-20)14-7-10-16(18(11-14)22(26)27)17-3-1-2-4-19(17)25-28/h1-12,25,28H,(H,26,27). The van der Waals surface area contributed by atoms with Gasteiger partial charge in [-0.2, -0.15) is 0 Å². The van der Waals surface area contributed by atoms with E-state index in [-0.39, 0.29) is 11.4 Å². The molecule has 0 bridgehead atoms. The Bertz CT molecular complexity index is 1190. The number of nitrogens with zero attached hydrogens (tertiary/aromatic N) is 1. The molecule has 0 aliphatic heterocycles. The zero-order chi connectivity index (χ0) is 20.4. The first-order chi connectivity index (χ1) is 14.1. The molecule has 0 unspecified atom stereocenters. The second-order valence-electron chi connectivity index (χ2n) is 6.27. The lowest BCUT2D eigenvalue weighted by atomic mass is 9.96. The van der Waals surface area contributed by atoms with Crippen LogP contribution < -0.4 is 5.48 Å². The van der Waals surface area contributed by atoms with Crippen molar-refractivity contribution in [3.63, 3.8) is 0 Å². The largest absolute Gasteiger partial charge is 0.478 e. The Morgan fingerprint density at radius 3 is 2.41 bits per heavy atom. The van der Waals surface area contributed by atoms with Gasteiger partial charge in [0, 0.05) is 22.1 Å². The van der Waals surface area contributed by atoms with E-state index in [2.05, 4.69) is 10.5 Å². The zero-order valence-corrected chi connectivity index (χ0v) is 15.8. The van der Waals surface area contributed by atoms with Crippen LogP contribution in [-0.4, -0.2) is 21.3 Å². The minimum Gasteiger partial charge on any atom is -0.478 e. The van der Waals surface area contributed by atoms with Gasteiger partial charge in [0.2, 0.25) is 0 Å². The molecular formula is C22H15FN2O3S. The van der Waals surface area contributed by atoms with Gasteiger partial charge in [0.15, 0.2) is 0 Å². The molecule has 0 fully saturated rings. The number of hydrogen-bond donors (Lipinski definition) is 3. The van der Waals surface area contributed by atoms with E-state index in [1.807, 2.05) is 5.38 Å². The highest BCUT2D eigenvalue weighted by Gasteiger charge is 2.17. The number of aromatic carboxylic acids is 1. The van der Waals surface area contributed by atoms with Crippen molar-refractivity contribution in [2.45, 2.75) is 0 Å². The van der Waals surface area contributed by atoms with Gasteiger partial charge in [-0.3, -0.25) is 10.7 Å². The number of carbonyl (C=O) groups is 1. The number of carboxylic acids is 1. The van der Waals surface area contributed by atoms with Crippen LogP contribution in [-0.2, 0) is 0 Å². The average molecular weight is 406 g/mol. The Balaban J connectivity index is 1.76. The molecule has 4 rings (SSSR count). The summed E-state index contributed by atoms with van der Waals surface area (Å²) in [6.07, 6.45) is 0. The van der Waals surface area contributed by atoms with Crippen molar-refractivity contribution in [2.75, 3.05) is 5.48 Å². The minimum atomic E-state index is -1.08. The molecule has 0 aliphatic carbocycles. The van der Waals surface area contributed by atoms with Crippen LogP contribution in [0.1, 0.15) is 10.4 Å². The number of thiazole rings is 1. The normalized spacial score (nSPS) is 10.7. The zero-order valence-electron chi connectivity index (χ0n) is 15.0. The third kappa shape index (κ3) is 3.73. The highest BCUT2D eigenvalue weighted by molar-refractivity contribution is 7.13. The van der Waals surface area contributed by atoms with Gasteiger partial charge in [-0.05, 0) is 42.0 Å². The summed E-state index contributed by atoms with van der Waals surface area (Å²) < 4.78 is 13.1. The van der Waals surface area contributed by atoms with E-state index < -0.39 is 5.97 Å². The van der Waals surface area contributed by atoms with Crippen LogP contribution >= 0.6 is 11.3 Å². The van der Waals surface area contributed by atoms with Crippen molar-refractivity contribution in [1.29, 1.82) is 0 Å². The van der Waals surface area contributed by atoms with Gasteiger partial charge < -0.3 is 5.11 Å². The molecule has 0 saturated heterocycles. The summed E-state index contributed by atoms with van der Waals surface area (Å²) in [4.78, 5) is 16.5. The third-order valence-corrected chi connectivity index (χ3v) is 5.37. The van der Waals surface area contributed by atoms with Gasteiger partial charge in [-0.15, -0.1) is 11.3 Å². The molecule has 3 aromatic carbocycles. The van der Waals surface area contributed by atoms with Crippen molar-refractivity contribution in [1.82, 2.24) is 4.98 Å². The van der Waals surface area contributed by atoms with Crippen molar-refractivity contribution >= 4 is 23.0 Å². The topological polar surface area (TPSA) is 82.5 Å². The summed E-state index contributed by atoms with van der Waals surface area (Å²) in [5.41, 5.74) is 5.81. The van der Waals surface area contributed by atoms with E-state index in [1.165, 1.54) is 23.5 Å². The fourth-order valence-corrected chi connectivity index (χ4v) is 3.89. The molecule has 1 aromatic heterocycles. The summed E-state index contributed by atoms with van der Waals surface area (Å²) in [6, 6.07) is 18.0. The maximum atomic E-state index is 13.1. The van der Waals surface area contributed by atoms with E-state index in [1.54, 1.807) is 54.6 Å². The van der Waals surface area contributed by atoms with Crippen LogP contribution in [0.3, 0.4) is 0 Å². The van der Waals surface area contributed by atoms with Crippen molar-refractivity contribution in [2.24, 2.45) is 0 Å². The van der Waals surface area contributed by atoms with Gasteiger partial charge in [0.05, 0.1) is 16.9 Å². The van der Waals surface area contributed by atoms with Crippen molar-refractivity contribution < 1.29 is 19.5 Å². The number of benzene rings is 3. The van der Waals surface area contributed by atoms with Crippen LogP contribution in [0.2, 0.25) is 0 Å². The van der Waals surface area contributed by atoms with Gasteiger partial charge in [0.1, 0.15) is 10.8 Å². The lowest BCUT2D eigenvalue weighted by molar-refractivity contribution is 0.0697. The maximum absolute atomic E-state index is 13.1. The summed E-state index contributed by atoms with van der Waals surface area (Å²) in [5.74, 6) is -1.39. The lowest BCUT2D eigenvalue weighted by Gasteiger charge is -2.12. The Morgan fingerprint density at radius 2 is 1.69 bits per heavy atom. The highest BCUT2D eigenvalue weighted by atomic mass is 32.1. The monoisotopic (exact) mass is 406 g/mol. The molecule has 1 heterocycles. The van der Waals surface area contributed by atoms with E-state index in [0.717, 1.165) is 5.56 Å². The third-order valence-electron chi connectivity index (χ3n) is 4.48. The van der Waals surface area contributed by atoms with Crippen molar-refractivity contribution in [3.8, 4) is 33.0 Å². The molecule has 0 aliphatic rings. The summed E-state index contributed by atoms with van der Waals surface area (Å²) in [7, 11) is 0. The molecule has 0 radical (unpaired) electrons. The molecule has 0 amide bonds. The fourth-order valence-electron chi connectivity index (χ4n) is 3.06. The van der Waals surface area contributed by atoms with E-state index in [9.17, 15) is 19.5 Å². The number of aromatic nitrogens is 1. The predicted octanol–water partition coefficient (Wildman–Crippen LogP) is 5.78. The summed E-state index contributed by atoms with van der Waals surface area (Å²) >= 11 is 1.38. The molecule has 5 nitrogen and oxygen atoms in total. The lowest BCUT2D eigenvalue weighted by Crippen LogP contribution is -2.02. The Morgan fingerprint density at radius 1 is 0.966 bits per heavy atom. The van der Waals surface area contributed by atoms with Gasteiger partial charge in [0.25, 0.3) is 0 Å². The van der Waals surface area contributed by atoms with Crippen molar-refractivity contribution in [3.05, 3.63) is 83.5 Å². The van der Waals surface area contributed by atoms with Gasteiger partial charge in [-0.25, -0.2) is 14.2 Å². The molecule has 0 saturated carbocycles. The molecule has 7 heteroatoms. The fraction of sp³-hybridized carbons (Fsp3) is 0. The smallest absolute Gasteiger partial charge is 0.336 e.